The van der Waals surface area contributed by atoms with Crippen LogP contribution in [0.25, 0.3) is 5.69 Å². The van der Waals surface area contributed by atoms with Gasteiger partial charge in [0.05, 0.1) is 5.69 Å². The van der Waals surface area contributed by atoms with Crippen LogP contribution in [0, 0.1) is 0 Å². The fourth-order valence-electron chi connectivity index (χ4n) is 2.65. The van der Waals surface area contributed by atoms with Crippen LogP contribution in [0.3, 0.4) is 0 Å². The van der Waals surface area contributed by atoms with Gasteiger partial charge < -0.3 is 9.47 Å². The van der Waals surface area contributed by atoms with E-state index < -0.39 is 18.1 Å². The molecule has 0 fully saturated rings. The summed E-state index contributed by atoms with van der Waals surface area (Å²) in [7, 11) is 0. The van der Waals surface area contributed by atoms with Crippen molar-refractivity contribution < 1.29 is 27.4 Å². The van der Waals surface area contributed by atoms with E-state index in [0.29, 0.717) is 30.2 Å². The second kappa shape index (κ2) is 9.25. The van der Waals surface area contributed by atoms with Gasteiger partial charge in [0.2, 0.25) is 0 Å². The fraction of sp³-hybridized carbons (Fsp3) is 0.333. The van der Waals surface area contributed by atoms with Gasteiger partial charge in [-0.25, -0.2) is 19.4 Å². The topological polar surface area (TPSA) is 91.2 Å². The summed E-state index contributed by atoms with van der Waals surface area (Å²) in [5.41, 5.74) is 0.876. The molecule has 0 aliphatic rings. The average Bonchev–Trinajstić information content (AvgIpc) is 3.14. The minimum atomic E-state index is -4.74. The molecule has 0 bridgehead atoms. The first-order valence-corrected chi connectivity index (χ1v) is 9.68. The van der Waals surface area contributed by atoms with Gasteiger partial charge >= 0.3 is 12.5 Å². The number of pyridine rings is 1. The second-order valence-electron chi connectivity index (χ2n) is 7.83. The maximum Gasteiger partial charge on any atom is 0.573 e. The van der Waals surface area contributed by atoms with E-state index in [-0.39, 0.29) is 5.75 Å². The molecule has 0 aliphatic heterocycles. The zero-order valence-corrected chi connectivity index (χ0v) is 17.7. The molecule has 170 valence electrons. The maximum atomic E-state index is 12.3. The van der Waals surface area contributed by atoms with Crippen LogP contribution in [0.4, 0.5) is 23.8 Å². The third-order valence-electron chi connectivity index (χ3n) is 3.97. The van der Waals surface area contributed by atoms with E-state index in [0.717, 1.165) is 5.56 Å². The van der Waals surface area contributed by atoms with E-state index in [1.165, 1.54) is 35.3 Å². The zero-order valence-electron chi connectivity index (χ0n) is 17.7. The summed E-state index contributed by atoms with van der Waals surface area (Å²) in [6.07, 6.45) is -1.04. The number of benzene rings is 1. The largest absolute Gasteiger partial charge is 0.573 e. The van der Waals surface area contributed by atoms with Crippen molar-refractivity contribution in [1.82, 2.24) is 19.7 Å². The lowest BCUT2D eigenvalue weighted by molar-refractivity contribution is -0.274. The minimum Gasteiger partial charge on any atom is -0.444 e. The van der Waals surface area contributed by atoms with Gasteiger partial charge in [0, 0.05) is 12.6 Å². The number of amides is 1. The lowest BCUT2D eigenvalue weighted by Crippen LogP contribution is -2.27. The number of rotatable bonds is 6. The Morgan fingerprint density at radius 3 is 2.34 bits per heavy atom. The highest BCUT2D eigenvalue weighted by Crippen LogP contribution is 2.23. The van der Waals surface area contributed by atoms with E-state index in [1.54, 1.807) is 33.0 Å². The molecule has 0 saturated heterocycles. The van der Waals surface area contributed by atoms with Crippen molar-refractivity contribution in [2.75, 3.05) is 5.32 Å². The molecule has 0 spiro atoms. The van der Waals surface area contributed by atoms with Gasteiger partial charge in [0.1, 0.15) is 23.5 Å². The average molecular weight is 449 g/mol. The molecular formula is C21H22F3N5O3. The summed E-state index contributed by atoms with van der Waals surface area (Å²) >= 11 is 0. The third kappa shape index (κ3) is 7.25. The predicted octanol–water partition coefficient (Wildman–Crippen LogP) is 4.69. The first kappa shape index (κ1) is 23.0. The molecule has 1 amide bonds. The number of nitrogens with one attached hydrogen (secondary N) is 1. The number of carbonyl (C=O) groups excluding carboxylic acids is 1. The zero-order chi connectivity index (χ0) is 23.4. The Bertz CT molecular complexity index is 1040. The number of carbonyl (C=O) groups is 1. The Hall–Kier alpha value is -3.63. The van der Waals surface area contributed by atoms with Crippen LogP contribution in [0.1, 0.15) is 32.2 Å². The van der Waals surface area contributed by atoms with Crippen molar-refractivity contribution in [3.63, 3.8) is 0 Å². The Kier molecular flexibility index (Phi) is 6.66. The van der Waals surface area contributed by atoms with Crippen molar-refractivity contribution in [3.05, 3.63) is 60.3 Å². The first-order valence-electron chi connectivity index (χ1n) is 9.68. The SMILES string of the molecule is CC(C)(C)OC(=O)Nc1ccc(CCc2ncn(-c3ccc(OC(F)(F)F)cc3)n2)cn1. The number of halogens is 3. The summed E-state index contributed by atoms with van der Waals surface area (Å²) < 4.78 is 47.3. The maximum absolute atomic E-state index is 12.3. The molecule has 1 aromatic carbocycles. The number of nitrogens with zero attached hydrogens (tertiary/aromatic N) is 4. The fourth-order valence-corrected chi connectivity index (χ4v) is 2.65. The van der Waals surface area contributed by atoms with Crippen molar-refractivity contribution in [1.29, 1.82) is 0 Å². The standard InChI is InChI=1S/C21H22F3N5O3/c1-20(2,3)32-19(30)27-17-10-4-14(12-25-17)5-11-18-26-13-29(28-18)15-6-8-16(9-7-15)31-21(22,23)24/h4,6-10,12-13H,5,11H2,1-3H3,(H,25,27,30). The molecule has 2 heterocycles. The summed E-state index contributed by atoms with van der Waals surface area (Å²) in [5.74, 6) is 0.638. The number of alkyl halides is 3. The molecule has 1 N–H and O–H groups in total. The van der Waals surface area contributed by atoms with E-state index in [2.05, 4.69) is 25.1 Å². The van der Waals surface area contributed by atoms with Crippen LogP contribution in [0.2, 0.25) is 0 Å². The lowest BCUT2D eigenvalue weighted by atomic mass is 10.1. The van der Waals surface area contributed by atoms with Crippen LogP contribution in [0.15, 0.2) is 48.9 Å². The van der Waals surface area contributed by atoms with Crippen molar-refractivity contribution in [2.24, 2.45) is 0 Å². The molecule has 3 rings (SSSR count). The van der Waals surface area contributed by atoms with E-state index in [4.69, 9.17) is 4.74 Å². The Balaban J connectivity index is 1.53. The van der Waals surface area contributed by atoms with Gasteiger partial charge in [-0.1, -0.05) is 6.07 Å². The van der Waals surface area contributed by atoms with E-state index >= 15 is 0 Å². The van der Waals surface area contributed by atoms with Gasteiger partial charge in [-0.2, -0.15) is 5.10 Å². The van der Waals surface area contributed by atoms with Gasteiger partial charge in [-0.05, 0) is 63.1 Å². The van der Waals surface area contributed by atoms with E-state index in [1.807, 2.05) is 6.07 Å². The van der Waals surface area contributed by atoms with Gasteiger partial charge in [-0.15, -0.1) is 13.2 Å². The van der Waals surface area contributed by atoms with Crippen LogP contribution in [-0.2, 0) is 17.6 Å². The minimum absolute atomic E-state index is 0.307. The summed E-state index contributed by atoms with van der Waals surface area (Å²) in [4.78, 5) is 20.2. The highest BCUT2D eigenvalue weighted by molar-refractivity contribution is 5.83. The molecular weight excluding hydrogens is 427 g/mol. The van der Waals surface area contributed by atoms with Crippen LogP contribution < -0.4 is 10.1 Å². The number of aryl methyl sites for hydroxylation is 2. The highest BCUT2D eigenvalue weighted by atomic mass is 19.4. The Labute approximate surface area is 182 Å². The van der Waals surface area contributed by atoms with Crippen molar-refractivity contribution in [2.45, 2.75) is 45.6 Å². The quantitative estimate of drug-likeness (QED) is 0.587. The molecule has 11 heteroatoms. The van der Waals surface area contributed by atoms with Crippen molar-refractivity contribution >= 4 is 11.9 Å². The number of ether oxygens (including phenoxy) is 2. The number of hydrogen-bond donors (Lipinski definition) is 1. The third-order valence-corrected chi connectivity index (χ3v) is 3.97. The molecule has 0 atom stereocenters. The smallest absolute Gasteiger partial charge is 0.444 e. The summed E-state index contributed by atoms with van der Waals surface area (Å²) in [6.45, 7) is 5.32. The van der Waals surface area contributed by atoms with Gasteiger partial charge in [-0.3, -0.25) is 5.32 Å². The molecule has 3 aromatic rings. The Morgan fingerprint density at radius 1 is 1.03 bits per heavy atom. The number of hydrogen-bond acceptors (Lipinski definition) is 6. The molecule has 0 unspecified atom stereocenters. The van der Waals surface area contributed by atoms with Crippen LogP contribution in [-0.4, -0.2) is 37.8 Å². The highest BCUT2D eigenvalue weighted by Gasteiger charge is 2.31. The second-order valence-corrected chi connectivity index (χ2v) is 7.83. The van der Waals surface area contributed by atoms with Crippen LogP contribution >= 0.6 is 0 Å². The predicted molar refractivity (Wildman–Crippen MR) is 110 cm³/mol. The lowest BCUT2D eigenvalue weighted by Gasteiger charge is -2.19. The van der Waals surface area contributed by atoms with Gasteiger partial charge in [0.15, 0.2) is 5.82 Å². The van der Waals surface area contributed by atoms with Crippen LogP contribution in [0.5, 0.6) is 5.75 Å². The molecule has 0 aliphatic carbocycles. The van der Waals surface area contributed by atoms with Gasteiger partial charge in [0.25, 0.3) is 0 Å². The van der Waals surface area contributed by atoms with E-state index in [9.17, 15) is 18.0 Å². The molecule has 0 radical (unpaired) electrons. The molecule has 2 aromatic heterocycles. The first-order chi connectivity index (χ1) is 15.0. The molecule has 8 nitrogen and oxygen atoms in total. The van der Waals surface area contributed by atoms with Crippen molar-refractivity contribution in [3.8, 4) is 11.4 Å². The molecule has 32 heavy (non-hydrogen) atoms. The normalized spacial score (nSPS) is 11.8. The summed E-state index contributed by atoms with van der Waals surface area (Å²) in [5, 5.41) is 6.91. The molecule has 0 saturated carbocycles. The monoisotopic (exact) mass is 449 g/mol. The number of anilines is 1. The Morgan fingerprint density at radius 2 is 1.75 bits per heavy atom. The number of aromatic nitrogens is 4. The summed E-state index contributed by atoms with van der Waals surface area (Å²) in [6, 6.07) is 8.84.